The van der Waals surface area contributed by atoms with E-state index in [-0.39, 0.29) is 23.9 Å². The van der Waals surface area contributed by atoms with Crippen LogP contribution in [0.15, 0.2) is 29.2 Å². The summed E-state index contributed by atoms with van der Waals surface area (Å²) in [6, 6.07) is 6.22. The molecule has 21 heavy (non-hydrogen) atoms. The lowest BCUT2D eigenvalue weighted by atomic mass is 10.1. The number of carbonyl (C=O) groups excluding carboxylic acids is 1. The van der Waals surface area contributed by atoms with Crippen LogP contribution in [0.4, 0.5) is 9.18 Å². The summed E-state index contributed by atoms with van der Waals surface area (Å²) in [7, 11) is 0. The van der Waals surface area contributed by atoms with E-state index in [0.29, 0.717) is 13.1 Å². The van der Waals surface area contributed by atoms with Crippen LogP contribution in [-0.2, 0) is 0 Å². The molecule has 6 heteroatoms. The number of halogens is 1. The Morgan fingerprint density at radius 2 is 2.00 bits per heavy atom. The van der Waals surface area contributed by atoms with Gasteiger partial charge in [-0.05, 0) is 49.3 Å². The topological polar surface area (TPSA) is 61.4 Å². The van der Waals surface area contributed by atoms with Crippen LogP contribution in [0.1, 0.15) is 19.3 Å². The van der Waals surface area contributed by atoms with Gasteiger partial charge in [-0.25, -0.2) is 9.18 Å². The smallest absolute Gasteiger partial charge is 0.314 e. The summed E-state index contributed by atoms with van der Waals surface area (Å²) in [4.78, 5) is 12.6. The lowest BCUT2D eigenvalue weighted by Gasteiger charge is -2.13. The molecule has 0 saturated heterocycles. The van der Waals surface area contributed by atoms with Gasteiger partial charge in [0.25, 0.3) is 0 Å². The van der Waals surface area contributed by atoms with Crippen molar-refractivity contribution in [1.29, 1.82) is 0 Å². The van der Waals surface area contributed by atoms with E-state index in [9.17, 15) is 9.18 Å². The van der Waals surface area contributed by atoms with E-state index in [2.05, 4.69) is 10.6 Å². The molecule has 1 fully saturated rings. The molecule has 116 valence electrons. The van der Waals surface area contributed by atoms with Gasteiger partial charge in [0.05, 0.1) is 6.61 Å². The third-order valence-electron chi connectivity index (χ3n) is 3.61. The van der Waals surface area contributed by atoms with Crippen molar-refractivity contribution in [3.05, 3.63) is 30.1 Å². The van der Waals surface area contributed by atoms with Gasteiger partial charge in [0.2, 0.25) is 0 Å². The van der Waals surface area contributed by atoms with Crippen molar-refractivity contribution in [2.24, 2.45) is 5.41 Å². The van der Waals surface area contributed by atoms with Gasteiger partial charge in [0.1, 0.15) is 5.82 Å². The van der Waals surface area contributed by atoms with E-state index in [1.165, 1.54) is 12.1 Å². The Hall–Kier alpha value is -1.27. The third-order valence-corrected chi connectivity index (χ3v) is 4.70. The van der Waals surface area contributed by atoms with Crippen molar-refractivity contribution in [1.82, 2.24) is 10.6 Å². The summed E-state index contributed by atoms with van der Waals surface area (Å²) >= 11 is 1.64. The molecule has 1 aliphatic rings. The van der Waals surface area contributed by atoms with Crippen LogP contribution in [0.3, 0.4) is 0 Å². The fraction of sp³-hybridized carbons (Fsp3) is 0.533. The number of thioether (sulfide) groups is 1. The Morgan fingerprint density at radius 1 is 1.29 bits per heavy atom. The van der Waals surface area contributed by atoms with Gasteiger partial charge in [0, 0.05) is 23.4 Å². The second kappa shape index (κ2) is 7.66. The van der Waals surface area contributed by atoms with Crippen molar-refractivity contribution >= 4 is 17.8 Å². The maximum atomic E-state index is 12.7. The molecule has 0 spiro atoms. The SMILES string of the molecule is O=C(NCCCSc1ccc(F)cc1)NCC1(CO)CC1. The molecule has 0 heterocycles. The minimum absolute atomic E-state index is 0.0597. The van der Waals surface area contributed by atoms with Crippen LogP contribution >= 0.6 is 11.8 Å². The molecular weight excluding hydrogens is 291 g/mol. The first-order valence-corrected chi connectivity index (χ1v) is 8.13. The monoisotopic (exact) mass is 312 g/mol. The van der Waals surface area contributed by atoms with Gasteiger partial charge in [-0.2, -0.15) is 0 Å². The van der Waals surface area contributed by atoms with Gasteiger partial charge in [0.15, 0.2) is 0 Å². The third kappa shape index (κ3) is 5.55. The first kappa shape index (κ1) is 16.1. The molecule has 1 aromatic carbocycles. The van der Waals surface area contributed by atoms with E-state index in [0.717, 1.165) is 29.9 Å². The predicted molar refractivity (Wildman–Crippen MR) is 81.9 cm³/mol. The minimum Gasteiger partial charge on any atom is -0.396 e. The molecule has 0 unspecified atom stereocenters. The molecule has 0 bridgehead atoms. The molecule has 1 aromatic rings. The van der Waals surface area contributed by atoms with Crippen molar-refractivity contribution in [3.63, 3.8) is 0 Å². The highest BCUT2D eigenvalue weighted by atomic mass is 32.2. The van der Waals surface area contributed by atoms with Gasteiger partial charge in [-0.3, -0.25) is 0 Å². The average Bonchev–Trinajstić information content (AvgIpc) is 3.27. The first-order chi connectivity index (χ1) is 10.1. The molecule has 0 aromatic heterocycles. The van der Waals surface area contributed by atoms with E-state index in [1.54, 1.807) is 23.9 Å². The van der Waals surface area contributed by atoms with E-state index in [1.807, 2.05) is 0 Å². The molecule has 2 rings (SSSR count). The molecule has 3 N–H and O–H groups in total. The summed E-state index contributed by atoms with van der Waals surface area (Å²) < 4.78 is 12.7. The minimum atomic E-state index is -0.228. The van der Waals surface area contributed by atoms with Crippen LogP contribution < -0.4 is 10.6 Å². The quantitative estimate of drug-likeness (QED) is 0.510. The van der Waals surface area contributed by atoms with Crippen molar-refractivity contribution in [2.45, 2.75) is 24.2 Å². The lowest BCUT2D eigenvalue weighted by molar-refractivity contribution is 0.203. The van der Waals surface area contributed by atoms with E-state index >= 15 is 0 Å². The molecule has 4 nitrogen and oxygen atoms in total. The number of urea groups is 1. The van der Waals surface area contributed by atoms with Crippen LogP contribution in [-0.4, -0.2) is 36.6 Å². The molecule has 2 amide bonds. The Labute approximate surface area is 128 Å². The summed E-state index contributed by atoms with van der Waals surface area (Å²) in [6.45, 7) is 1.29. The molecular formula is C15H21FN2O2S. The zero-order valence-corrected chi connectivity index (χ0v) is 12.7. The van der Waals surface area contributed by atoms with Gasteiger partial charge < -0.3 is 15.7 Å². The zero-order valence-electron chi connectivity index (χ0n) is 11.9. The zero-order chi connectivity index (χ0) is 15.1. The second-order valence-corrected chi connectivity index (χ2v) is 6.59. The summed E-state index contributed by atoms with van der Waals surface area (Å²) in [6.07, 6.45) is 2.82. The average molecular weight is 312 g/mol. The molecule has 0 radical (unpaired) electrons. The number of aliphatic hydroxyl groups excluding tert-OH is 1. The Kier molecular flexibility index (Phi) is 5.87. The summed E-state index contributed by atoms with van der Waals surface area (Å²) in [5, 5.41) is 14.7. The standard InChI is InChI=1S/C15H21FN2O2S/c16-12-2-4-13(5-3-12)21-9-1-8-17-14(20)18-10-15(11-19)6-7-15/h2-5,19H,1,6-11H2,(H2,17,18,20). The van der Waals surface area contributed by atoms with Gasteiger partial charge in [-0.1, -0.05) is 0 Å². The molecule has 0 atom stereocenters. The lowest BCUT2D eigenvalue weighted by Crippen LogP contribution is -2.40. The highest BCUT2D eigenvalue weighted by Crippen LogP contribution is 2.44. The number of aliphatic hydroxyl groups is 1. The van der Waals surface area contributed by atoms with Gasteiger partial charge in [-0.15, -0.1) is 11.8 Å². The van der Waals surface area contributed by atoms with Crippen LogP contribution in [0.25, 0.3) is 0 Å². The number of rotatable bonds is 8. The highest BCUT2D eigenvalue weighted by Gasteiger charge is 2.41. The van der Waals surface area contributed by atoms with E-state index < -0.39 is 0 Å². The summed E-state index contributed by atoms with van der Waals surface area (Å²) in [5.41, 5.74) is -0.0597. The fourth-order valence-electron chi connectivity index (χ4n) is 1.89. The molecule has 1 aliphatic carbocycles. The summed E-state index contributed by atoms with van der Waals surface area (Å²) in [5.74, 6) is 0.640. The number of benzene rings is 1. The predicted octanol–water partition coefficient (Wildman–Crippen LogP) is 2.38. The van der Waals surface area contributed by atoms with Crippen LogP contribution in [0.2, 0.25) is 0 Å². The number of hydrogen-bond donors (Lipinski definition) is 3. The maximum absolute atomic E-state index is 12.7. The largest absolute Gasteiger partial charge is 0.396 e. The van der Waals surface area contributed by atoms with Crippen LogP contribution in [0, 0.1) is 11.2 Å². The number of amides is 2. The second-order valence-electron chi connectivity index (χ2n) is 5.42. The van der Waals surface area contributed by atoms with Crippen molar-refractivity contribution in [2.75, 3.05) is 25.4 Å². The van der Waals surface area contributed by atoms with Crippen LogP contribution in [0.5, 0.6) is 0 Å². The van der Waals surface area contributed by atoms with Crippen molar-refractivity contribution in [3.8, 4) is 0 Å². The fourth-order valence-corrected chi connectivity index (χ4v) is 2.75. The number of carbonyl (C=O) groups is 1. The highest BCUT2D eigenvalue weighted by molar-refractivity contribution is 7.99. The Balaban J connectivity index is 1.51. The normalized spacial score (nSPS) is 15.5. The first-order valence-electron chi connectivity index (χ1n) is 7.14. The Morgan fingerprint density at radius 3 is 2.62 bits per heavy atom. The van der Waals surface area contributed by atoms with Crippen molar-refractivity contribution < 1.29 is 14.3 Å². The van der Waals surface area contributed by atoms with E-state index in [4.69, 9.17) is 5.11 Å². The van der Waals surface area contributed by atoms with Gasteiger partial charge >= 0.3 is 6.03 Å². The number of hydrogen-bond acceptors (Lipinski definition) is 3. The maximum Gasteiger partial charge on any atom is 0.314 e. The number of nitrogens with one attached hydrogen (secondary N) is 2. The molecule has 0 aliphatic heterocycles. The Bertz CT molecular complexity index is 463. The molecule has 1 saturated carbocycles.